The minimum Gasteiger partial charge on any atom is -0.438 e. The highest BCUT2D eigenvalue weighted by Gasteiger charge is 2.25. The molecule has 1 fully saturated rings. The number of carbonyl (C=O) groups excluding carboxylic acids is 1. The number of hydrogen-bond acceptors (Lipinski definition) is 6. The van der Waals surface area contributed by atoms with Gasteiger partial charge in [0, 0.05) is 23.4 Å². The standard InChI is InChI=1S/C13H14N4O3/c1-7(19-13(14)18)11-16-12(20-17-11)9-4-5-15-10(6-9)8-2-3-8/h4-8H,2-3H2,1H3,(H2,14,18). The normalized spacial score (nSPS) is 15.8. The predicted octanol–water partition coefficient (Wildman–Crippen LogP) is 2.17. The van der Waals surface area contributed by atoms with E-state index >= 15 is 0 Å². The van der Waals surface area contributed by atoms with E-state index in [-0.39, 0.29) is 5.82 Å². The molecule has 7 nitrogen and oxygen atoms in total. The van der Waals surface area contributed by atoms with E-state index in [1.165, 1.54) is 12.8 Å². The summed E-state index contributed by atoms with van der Waals surface area (Å²) >= 11 is 0. The zero-order valence-corrected chi connectivity index (χ0v) is 10.9. The molecule has 0 bridgehead atoms. The molecule has 2 aromatic rings. The molecular formula is C13H14N4O3. The maximum absolute atomic E-state index is 10.7. The number of primary amides is 1. The van der Waals surface area contributed by atoms with E-state index in [0.717, 1.165) is 11.3 Å². The molecule has 1 atom stereocenters. The van der Waals surface area contributed by atoms with Crippen molar-refractivity contribution in [1.82, 2.24) is 15.1 Å². The molecule has 2 aromatic heterocycles. The molecule has 0 saturated heterocycles. The van der Waals surface area contributed by atoms with Gasteiger partial charge in [0.15, 0.2) is 6.10 Å². The van der Waals surface area contributed by atoms with Gasteiger partial charge in [-0.05, 0) is 31.9 Å². The van der Waals surface area contributed by atoms with Gasteiger partial charge in [0.1, 0.15) is 0 Å². The molecule has 0 aliphatic heterocycles. The van der Waals surface area contributed by atoms with Crippen molar-refractivity contribution in [2.75, 3.05) is 0 Å². The number of aromatic nitrogens is 3. The summed E-state index contributed by atoms with van der Waals surface area (Å²) in [6.07, 6.45) is 2.57. The Balaban J connectivity index is 1.82. The van der Waals surface area contributed by atoms with Crippen LogP contribution in [0.5, 0.6) is 0 Å². The van der Waals surface area contributed by atoms with Crippen LogP contribution in [0.4, 0.5) is 4.79 Å². The lowest BCUT2D eigenvalue weighted by Crippen LogP contribution is -2.16. The van der Waals surface area contributed by atoms with E-state index in [4.69, 9.17) is 15.0 Å². The Labute approximate surface area is 115 Å². The third kappa shape index (κ3) is 2.61. The first kappa shape index (κ1) is 12.6. The van der Waals surface area contributed by atoms with Gasteiger partial charge in [-0.15, -0.1) is 0 Å². The van der Waals surface area contributed by atoms with Gasteiger partial charge in [-0.3, -0.25) is 4.98 Å². The lowest BCUT2D eigenvalue weighted by atomic mass is 10.2. The van der Waals surface area contributed by atoms with Gasteiger partial charge in [0.25, 0.3) is 5.89 Å². The van der Waals surface area contributed by atoms with Crippen LogP contribution in [0.3, 0.4) is 0 Å². The number of nitrogens with zero attached hydrogens (tertiary/aromatic N) is 3. The maximum Gasteiger partial charge on any atom is 0.405 e. The largest absolute Gasteiger partial charge is 0.438 e. The second-order valence-corrected chi connectivity index (χ2v) is 4.78. The molecule has 3 rings (SSSR count). The number of hydrogen-bond donors (Lipinski definition) is 1. The average molecular weight is 274 g/mol. The van der Waals surface area contributed by atoms with Crippen LogP contribution >= 0.6 is 0 Å². The second kappa shape index (κ2) is 4.92. The Hall–Kier alpha value is -2.44. The van der Waals surface area contributed by atoms with Gasteiger partial charge in [-0.25, -0.2) is 4.79 Å². The van der Waals surface area contributed by atoms with E-state index in [2.05, 4.69) is 15.1 Å². The SMILES string of the molecule is CC(OC(N)=O)c1noc(-c2ccnc(C3CC3)c2)n1. The molecule has 0 spiro atoms. The van der Waals surface area contributed by atoms with Gasteiger partial charge in [0.05, 0.1) is 0 Å². The minimum absolute atomic E-state index is 0.281. The van der Waals surface area contributed by atoms with Crippen LogP contribution in [0, 0.1) is 0 Å². The molecule has 7 heteroatoms. The third-order valence-corrected chi connectivity index (χ3v) is 3.12. The molecule has 1 saturated carbocycles. The summed E-state index contributed by atoms with van der Waals surface area (Å²) in [5, 5.41) is 3.80. The van der Waals surface area contributed by atoms with Crippen molar-refractivity contribution in [1.29, 1.82) is 0 Å². The van der Waals surface area contributed by atoms with Crippen LogP contribution in [0.15, 0.2) is 22.9 Å². The van der Waals surface area contributed by atoms with E-state index < -0.39 is 12.2 Å². The first-order valence-corrected chi connectivity index (χ1v) is 6.39. The molecule has 1 amide bonds. The topological polar surface area (TPSA) is 104 Å². The number of ether oxygens (including phenoxy) is 1. The van der Waals surface area contributed by atoms with Crippen molar-refractivity contribution in [3.8, 4) is 11.5 Å². The molecule has 1 aliphatic rings. The van der Waals surface area contributed by atoms with Gasteiger partial charge in [-0.2, -0.15) is 4.98 Å². The van der Waals surface area contributed by atoms with Crippen LogP contribution in [-0.4, -0.2) is 21.2 Å². The summed E-state index contributed by atoms with van der Waals surface area (Å²) in [4.78, 5) is 19.2. The van der Waals surface area contributed by atoms with Gasteiger partial charge >= 0.3 is 6.09 Å². The molecule has 0 aromatic carbocycles. The first-order chi connectivity index (χ1) is 9.63. The van der Waals surface area contributed by atoms with Crippen molar-refractivity contribution < 1.29 is 14.1 Å². The minimum atomic E-state index is -0.871. The summed E-state index contributed by atoms with van der Waals surface area (Å²) in [5.74, 6) is 1.21. The van der Waals surface area contributed by atoms with Crippen molar-refractivity contribution >= 4 is 6.09 Å². The fourth-order valence-corrected chi connectivity index (χ4v) is 1.93. The highest BCUT2D eigenvalue weighted by molar-refractivity contribution is 5.64. The summed E-state index contributed by atoms with van der Waals surface area (Å²) in [6, 6.07) is 3.76. The highest BCUT2D eigenvalue weighted by Crippen LogP contribution is 2.39. The number of nitrogens with two attached hydrogens (primary N) is 1. The fourth-order valence-electron chi connectivity index (χ4n) is 1.93. The number of amides is 1. The molecular weight excluding hydrogens is 260 g/mol. The Morgan fingerprint density at radius 1 is 1.55 bits per heavy atom. The smallest absolute Gasteiger partial charge is 0.405 e. The quantitative estimate of drug-likeness (QED) is 0.916. The molecule has 104 valence electrons. The van der Waals surface area contributed by atoms with Crippen molar-refractivity contribution in [2.24, 2.45) is 5.73 Å². The Morgan fingerprint density at radius 2 is 2.35 bits per heavy atom. The summed E-state index contributed by atoms with van der Waals surface area (Å²) in [5.41, 5.74) is 6.81. The van der Waals surface area contributed by atoms with Crippen LogP contribution < -0.4 is 5.73 Å². The summed E-state index contributed by atoms with van der Waals surface area (Å²) in [6.45, 7) is 1.63. The van der Waals surface area contributed by atoms with E-state index in [1.54, 1.807) is 13.1 Å². The van der Waals surface area contributed by atoms with Crippen LogP contribution in [0.2, 0.25) is 0 Å². The number of pyridine rings is 1. The van der Waals surface area contributed by atoms with Gasteiger partial charge in [-0.1, -0.05) is 5.16 Å². The molecule has 2 heterocycles. The number of carbonyl (C=O) groups is 1. The lowest BCUT2D eigenvalue weighted by molar-refractivity contribution is 0.110. The monoisotopic (exact) mass is 274 g/mol. The first-order valence-electron chi connectivity index (χ1n) is 6.39. The molecule has 1 aliphatic carbocycles. The van der Waals surface area contributed by atoms with Gasteiger partial charge in [0.2, 0.25) is 5.82 Å². The van der Waals surface area contributed by atoms with Crippen LogP contribution in [0.25, 0.3) is 11.5 Å². The average Bonchev–Trinajstić information content (AvgIpc) is 3.15. The fraction of sp³-hybridized carbons (Fsp3) is 0.385. The molecule has 20 heavy (non-hydrogen) atoms. The summed E-state index contributed by atoms with van der Waals surface area (Å²) in [7, 11) is 0. The maximum atomic E-state index is 10.7. The zero-order valence-electron chi connectivity index (χ0n) is 10.9. The van der Waals surface area contributed by atoms with Crippen molar-refractivity contribution in [3.63, 3.8) is 0 Å². The Morgan fingerprint density at radius 3 is 3.05 bits per heavy atom. The lowest BCUT2D eigenvalue weighted by Gasteiger charge is -2.05. The Kier molecular flexibility index (Phi) is 3.09. The number of rotatable bonds is 4. The Bertz CT molecular complexity index is 636. The van der Waals surface area contributed by atoms with E-state index in [1.807, 2.05) is 12.1 Å². The third-order valence-electron chi connectivity index (χ3n) is 3.12. The van der Waals surface area contributed by atoms with E-state index in [9.17, 15) is 4.79 Å². The molecule has 2 N–H and O–H groups in total. The van der Waals surface area contributed by atoms with Gasteiger partial charge < -0.3 is 15.0 Å². The van der Waals surface area contributed by atoms with E-state index in [0.29, 0.717) is 11.8 Å². The highest BCUT2D eigenvalue weighted by atomic mass is 16.6. The zero-order chi connectivity index (χ0) is 14.1. The van der Waals surface area contributed by atoms with Crippen molar-refractivity contribution in [3.05, 3.63) is 29.8 Å². The predicted molar refractivity (Wildman–Crippen MR) is 68.6 cm³/mol. The second-order valence-electron chi connectivity index (χ2n) is 4.78. The molecule has 0 radical (unpaired) electrons. The van der Waals surface area contributed by atoms with Crippen LogP contribution in [-0.2, 0) is 4.74 Å². The molecule has 1 unspecified atom stereocenters. The van der Waals surface area contributed by atoms with Crippen LogP contribution in [0.1, 0.15) is 43.3 Å². The van der Waals surface area contributed by atoms with Crippen molar-refractivity contribution in [2.45, 2.75) is 31.8 Å². The summed E-state index contributed by atoms with van der Waals surface area (Å²) < 4.78 is 9.99.